The summed E-state index contributed by atoms with van der Waals surface area (Å²) in [5, 5.41) is 8.85. The summed E-state index contributed by atoms with van der Waals surface area (Å²) < 4.78 is 52.9. The summed E-state index contributed by atoms with van der Waals surface area (Å²) in [6.45, 7) is 0.224. The zero-order valence-corrected chi connectivity index (χ0v) is 17.1. The van der Waals surface area contributed by atoms with E-state index in [1.165, 1.54) is 47.2 Å². The monoisotopic (exact) mass is 458 g/mol. The molecule has 1 aliphatic heterocycles. The van der Waals surface area contributed by atoms with E-state index < -0.39 is 46.5 Å². The van der Waals surface area contributed by atoms with Crippen molar-refractivity contribution in [1.29, 1.82) is 0 Å². The number of carbonyl (C=O) groups excluding carboxylic acids is 1. The molecule has 1 aliphatic rings. The number of piperidine rings is 1. The van der Waals surface area contributed by atoms with Gasteiger partial charge in [0.2, 0.25) is 0 Å². The summed E-state index contributed by atoms with van der Waals surface area (Å²) >= 11 is 5.64. The molecule has 5 nitrogen and oxygen atoms in total. The molecule has 0 aliphatic carbocycles. The van der Waals surface area contributed by atoms with Gasteiger partial charge in [-0.3, -0.25) is 4.79 Å². The van der Waals surface area contributed by atoms with Crippen molar-refractivity contribution < 1.29 is 32.3 Å². The maximum absolute atomic E-state index is 13.4. The van der Waals surface area contributed by atoms with Crippen molar-refractivity contribution in [2.24, 2.45) is 0 Å². The maximum atomic E-state index is 13.4. The lowest BCUT2D eigenvalue weighted by atomic mass is 9.85. The van der Waals surface area contributed by atoms with Crippen LogP contribution in [0.15, 0.2) is 42.5 Å². The van der Waals surface area contributed by atoms with Crippen molar-refractivity contribution in [3.63, 3.8) is 0 Å². The topological polar surface area (TPSA) is 60.9 Å². The second-order valence-corrected chi connectivity index (χ2v) is 7.76. The normalized spacial score (nSPS) is 19.2. The van der Waals surface area contributed by atoms with Crippen molar-refractivity contribution in [3.05, 3.63) is 70.0 Å². The summed E-state index contributed by atoms with van der Waals surface area (Å²) in [7, 11) is 1.46. The molecule has 1 heterocycles. The minimum absolute atomic E-state index is 0.0671. The molecule has 2 aromatic rings. The quantitative estimate of drug-likeness (QED) is 0.650. The van der Waals surface area contributed by atoms with E-state index in [1.807, 2.05) is 0 Å². The number of rotatable bonds is 3. The molecule has 31 heavy (non-hydrogen) atoms. The van der Waals surface area contributed by atoms with Crippen LogP contribution in [-0.4, -0.2) is 53.1 Å². The van der Waals surface area contributed by atoms with Gasteiger partial charge in [-0.15, -0.1) is 0 Å². The lowest BCUT2D eigenvalue weighted by Gasteiger charge is -2.42. The number of likely N-dealkylation sites (N-methyl/N-ethyl adjacent to an activating group) is 1. The molecular weight excluding hydrogens is 440 g/mol. The average molecular weight is 459 g/mol. The first kappa shape index (κ1) is 22.9. The van der Waals surface area contributed by atoms with Crippen molar-refractivity contribution in [3.8, 4) is 0 Å². The fourth-order valence-corrected chi connectivity index (χ4v) is 4.07. The van der Waals surface area contributed by atoms with Gasteiger partial charge in [-0.25, -0.2) is 9.18 Å². The Hall–Kier alpha value is -2.81. The number of hydrogen-bond acceptors (Lipinski definition) is 2. The van der Waals surface area contributed by atoms with Crippen molar-refractivity contribution in [2.45, 2.75) is 24.6 Å². The highest BCUT2D eigenvalue weighted by Gasteiger charge is 2.38. The summed E-state index contributed by atoms with van der Waals surface area (Å²) in [6.07, 6.45) is -5.56. The molecule has 2 unspecified atom stereocenters. The highest BCUT2D eigenvalue weighted by molar-refractivity contribution is 6.31. The number of hydrogen-bond donors (Lipinski definition) is 1. The molecule has 0 radical (unpaired) electrons. The first-order valence-electron chi connectivity index (χ1n) is 9.36. The molecule has 1 saturated heterocycles. The van der Waals surface area contributed by atoms with Crippen LogP contribution >= 0.6 is 11.6 Å². The van der Waals surface area contributed by atoms with E-state index in [4.69, 9.17) is 11.6 Å². The predicted octanol–water partition coefficient (Wildman–Crippen LogP) is 5.11. The Morgan fingerprint density at radius 3 is 2.39 bits per heavy atom. The number of amides is 2. The van der Waals surface area contributed by atoms with E-state index in [-0.39, 0.29) is 25.1 Å². The molecule has 1 fully saturated rings. The highest BCUT2D eigenvalue weighted by Crippen LogP contribution is 2.36. The summed E-state index contributed by atoms with van der Waals surface area (Å²) in [6, 6.07) is 7.96. The smallest absolute Gasteiger partial charge is 0.417 e. The Morgan fingerprint density at radius 1 is 1.16 bits per heavy atom. The lowest BCUT2D eigenvalue weighted by molar-refractivity contribution is -0.137. The highest BCUT2D eigenvalue weighted by atomic mass is 35.5. The van der Waals surface area contributed by atoms with Gasteiger partial charge in [-0.2, -0.15) is 13.2 Å². The molecule has 0 saturated carbocycles. The Labute approximate surface area is 180 Å². The van der Waals surface area contributed by atoms with Crippen LogP contribution < -0.4 is 0 Å². The van der Waals surface area contributed by atoms with Gasteiger partial charge in [-0.1, -0.05) is 23.7 Å². The molecular formula is C21H19ClF4N2O3. The Bertz CT molecular complexity index is 982. The van der Waals surface area contributed by atoms with E-state index in [2.05, 4.69) is 0 Å². The van der Waals surface area contributed by atoms with Gasteiger partial charge in [0.05, 0.1) is 10.6 Å². The van der Waals surface area contributed by atoms with Crippen molar-refractivity contribution in [1.82, 2.24) is 9.80 Å². The number of nitrogens with zero attached hydrogens (tertiary/aromatic N) is 2. The maximum Gasteiger partial charge on any atom is 0.417 e. The van der Waals surface area contributed by atoms with Crippen LogP contribution in [0.4, 0.5) is 22.4 Å². The molecule has 2 aromatic carbocycles. The fraction of sp³-hybridized carbons (Fsp3) is 0.333. The molecule has 2 atom stereocenters. The predicted molar refractivity (Wildman–Crippen MR) is 106 cm³/mol. The van der Waals surface area contributed by atoms with E-state index in [9.17, 15) is 32.3 Å². The van der Waals surface area contributed by atoms with Crippen LogP contribution in [-0.2, 0) is 6.18 Å². The standard InChI is InChI=1S/C21H19ClF4N2O3/c1-27(19(29)13-4-7-17(22)16(10-13)21(24,25)26)18-8-9-28(20(30)31)11-15(18)12-2-5-14(23)6-3-12/h2-7,10,15,18H,8-9,11H2,1H3,(H,30,31). The molecule has 0 bridgehead atoms. The van der Waals surface area contributed by atoms with Crippen LogP contribution in [0, 0.1) is 5.82 Å². The van der Waals surface area contributed by atoms with Gasteiger partial charge in [0, 0.05) is 37.7 Å². The molecule has 0 spiro atoms. The molecule has 166 valence electrons. The van der Waals surface area contributed by atoms with Gasteiger partial charge in [0.1, 0.15) is 5.82 Å². The fourth-order valence-electron chi connectivity index (χ4n) is 3.84. The second-order valence-electron chi connectivity index (χ2n) is 7.35. The first-order chi connectivity index (χ1) is 14.5. The SMILES string of the molecule is CN(C(=O)c1ccc(Cl)c(C(F)(F)F)c1)C1CCN(C(=O)O)CC1c1ccc(F)cc1. The molecule has 10 heteroatoms. The second kappa shape index (κ2) is 8.74. The minimum Gasteiger partial charge on any atom is -0.465 e. The van der Waals surface area contributed by atoms with Gasteiger partial charge in [0.25, 0.3) is 5.91 Å². The molecule has 1 N–H and O–H groups in total. The van der Waals surface area contributed by atoms with Crippen LogP contribution in [0.3, 0.4) is 0 Å². The summed E-state index contributed by atoms with van der Waals surface area (Å²) in [4.78, 5) is 27.0. The Morgan fingerprint density at radius 2 is 1.81 bits per heavy atom. The van der Waals surface area contributed by atoms with Gasteiger partial charge >= 0.3 is 12.3 Å². The van der Waals surface area contributed by atoms with Crippen LogP contribution in [0.25, 0.3) is 0 Å². The summed E-state index contributed by atoms with van der Waals surface area (Å²) in [5.41, 5.74) is -0.661. The number of carboxylic acid groups (broad SMARTS) is 1. The van der Waals surface area contributed by atoms with Crippen LogP contribution in [0.2, 0.25) is 5.02 Å². The third kappa shape index (κ3) is 4.92. The molecule has 3 rings (SSSR count). The number of alkyl halides is 3. The lowest BCUT2D eigenvalue weighted by Crippen LogP contribution is -2.51. The van der Waals surface area contributed by atoms with E-state index in [0.29, 0.717) is 11.6 Å². The van der Waals surface area contributed by atoms with Crippen LogP contribution in [0.1, 0.15) is 33.8 Å². The number of benzene rings is 2. The zero-order chi connectivity index (χ0) is 22.9. The molecule has 0 aromatic heterocycles. The minimum atomic E-state index is -4.71. The average Bonchev–Trinajstić information content (AvgIpc) is 2.72. The van der Waals surface area contributed by atoms with Crippen molar-refractivity contribution in [2.75, 3.05) is 20.1 Å². The van der Waals surface area contributed by atoms with Gasteiger partial charge < -0.3 is 14.9 Å². The van der Waals surface area contributed by atoms with Crippen LogP contribution in [0.5, 0.6) is 0 Å². The number of carbonyl (C=O) groups is 2. The van der Waals surface area contributed by atoms with E-state index in [1.54, 1.807) is 0 Å². The summed E-state index contributed by atoms with van der Waals surface area (Å²) in [5.74, 6) is -1.59. The third-order valence-corrected chi connectivity index (χ3v) is 5.81. The number of likely N-dealkylation sites (tertiary alicyclic amines) is 1. The first-order valence-corrected chi connectivity index (χ1v) is 9.74. The Balaban J connectivity index is 1.92. The van der Waals surface area contributed by atoms with Crippen molar-refractivity contribution >= 4 is 23.6 Å². The van der Waals surface area contributed by atoms with Gasteiger partial charge in [0.15, 0.2) is 0 Å². The number of halogens is 5. The Kier molecular flexibility index (Phi) is 6.45. The zero-order valence-electron chi connectivity index (χ0n) is 16.4. The molecule has 2 amide bonds. The third-order valence-electron chi connectivity index (χ3n) is 5.48. The largest absolute Gasteiger partial charge is 0.465 e. The van der Waals surface area contributed by atoms with E-state index in [0.717, 1.165) is 6.07 Å². The van der Waals surface area contributed by atoms with E-state index >= 15 is 0 Å². The van der Waals surface area contributed by atoms with Gasteiger partial charge in [-0.05, 0) is 42.3 Å².